The maximum Gasteiger partial charge on any atom is 0.416 e. The van der Waals surface area contributed by atoms with Crippen LogP contribution in [0.15, 0.2) is 53.7 Å². The van der Waals surface area contributed by atoms with E-state index in [0.717, 1.165) is 0 Å². The van der Waals surface area contributed by atoms with Gasteiger partial charge in [-0.05, 0) is 31.1 Å². The molecule has 7 heteroatoms. The van der Waals surface area contributed by atoms with Crippen LogP contribution < -0.4 is 4.90 Å². The van der Waals surface area contributed by atoms with E-state index in [0.29, 0.717) is 23.4 Å². The molecule has 0 bridgehead atoms. The van der Waals surface area contributed by atoms with Crippen LogP contribution in [-0.2, 0) is 4.74 Å². The van der Waals surface area contributed by atoms with Crippen molar-refractivity contribution >= 4 is 23.2 Å². The number of nitro benzene ring substituents is 1. The molecule has 2 rings (SSSR count). The van der Waals surface area contributed by atoms with Gasteiger partial charge in [0.25, 0.3) is 5.69 Å². The number of amides is 1. The highest BCUT2D eigenvalue weighted by Crippen LogP contribution is 2.27. The smallest absolute Gasteiger partial charge is 0.416 e. The molecule has 1 amide bonds. The highest BCUT2D eigenvalue weighted by atomic mass is 16.6. The number of hydrogen-bond donors (Lipinski definition) is 0. The Morgan fingerprint density at radius 3 is 2.71 bits per heavy atom. The lowest BCUT2D eigenvalue weighted by molar-refractivity contribution is -0.385. The molecule has 1 aromatic carbocycles. The quantitative estimate of drug-likeness (QED) is 0.559. The number of hydrogen-bond acceptors (Lipinski definition) is 5. The fourth-order valence-electron chi connectivity index (χ4n) is 2.23. The lowest BCUT2D eigenvalue weighted by Gasteiger charge is -2.19. The summed E-state index contributed by atoms with van der Waals surface area (Å²) in [4.78, 5) is 24.1. The number of para-hydroxylation sites is 1. The monoisotopic (exact) mass is 330 g/mol. The molecule has 1 aromatic heterocycles. The third kappa shape index (κ3) is 4.01. The van der Waals surface area contributed by atoms with E-state index < -0.39 is 11.0 Å². The molecule has 0 unspecified atom stereocenters. The molecular weight excluding hydrogens is 312 g/mol. The lowest BCUT2D eigenvalue weighted by Crippen LogP contribution is -2.32. The zero-order valence-electron chi connectivity index (χ0n) is 13.3. The van der Waals surface area contributed by atoms with Crippen LogP contribution in [0.2, 0.25) is 0 Å². The Labute approximate surface area is 139 Å². The fraction of sp³-hybridized carbons (Fsp3) is 0.235. The molecule has 0 aliphatic carbocycles. The van der Waals surface area contributed by atoms with Crippen molar-refractivity contribution in [3.63, 3.8) is 0 Å². The van der Waals surface area contributed by atoms with Gasteiger partial charge in [-0.3, -0.25) is 10.1 Å². The molecule has 0 fully saturated rings. The van der Waals surface area contributed by atoms with Crippen molar-refractivity contribution in [3.05, 3.63) is 64.9 Å². The first kappa shape index (κ1) is 17.3. The van der Waals surface area contributed by atoms with Crippen LogP contribution in [0.5, 0.6) is 0 Å². The van der Waals surface area contributed by atoms with Crippen molar-refractivity contribution in [2.45, 2.75) is 13.3 Å². The number of benzene rings is 1. The van der Waals surface area contributed by atoms with E-state index in [1.165, 1.54) is 17.2 Å². The van der Waals surface area contributed by atoms with E-state index >= 15 is 0 Å². The average Bonchev–Trinajstić information content (AvgIpc) is 3.09. The van der Waals surface area contributed by atoms with Gasteiger partial charge in [0.05, 0.1) is 23.4 Å². The first-order valence-electron chi connectivity index (χ1n) is 7.44. The lowest BCUT2D eigenvalue weighted by atomic mass is 10.0. The zero-order valence-corrected chi connectivity index (χ0v) is 13.3. The number of carbonyl (C=O) groups is 1. The molecule has 2 aromatic rings. The van der Waals surface area contributed by atoms with Crippen molar-refractivity contribution in [3.8, 4) is 0 Å². The third-order valence-electron chi connectivity index (χ3n) is 3.38. The molecular formula is C17H18N2O5. The van der Waals surface area contributed by atoms with E-state index in [2.05, 4.69) is 6.58 Å². The van der Waals surface area contributed by atoms with Crippen LogP contribution in [0.1, 0.15) is 18.9 Å². The summed E-state index contributed by atoms with van der Waals surface area (Å²) in [6, 6.07) is 9.69. The van der Waals surface area contributed by atoms with Gasteiger partial charge in [-0.1, -0.05) is 18.7 Å². The summed E-state index contributed by atoms with van der Waals surface area (Å²) in [7, 11) is 0. The number of rotatable bonds is 7. The van der Waals surface area contributed by atoms with Gasteiger partial charge in [0, 0.05) is 18.7 Å². The average molecular weight is 330 g/mol. The predicted octanol–water partition coefficient (Wildman–Crippen LogP) is 4.25. The van der Waals surface area contributed by atoms with Gasteiger partial charge in [-0.25, -0.2) is 9.69 Å². The summed E-state index contributed by atoms with van der Waals surface area (Å²) in [5.74, 6) is 0.351. The van der Waals surface area contributed by atoms with Gasteiger partial charge in [-0.15, -0.1) is 0 Å². The molecule has 7 nitrogen and oxygen atoms in total. The van der Waals surface area contributed by atoms with Crippen molar-refractivity contribution in [2.24, 2.45) is 0 Å². The van der Waals surface area contributed by atoms with Crippen molar-refractivity contribution < 1.29 is 18.9 Å². The molecule has 0 saturated heterocycles. The van der Waals surface area contributed by atoms with Gasteiger partial charge in [0.2, 0.25) is 5.88 Å². The Bertz CT molecular complexity index is 724. The molecule has 0 saturated carbocycles. The normalized spacial score (nSPS) is 10.2. The summed E-state index contributed by atoms with van der Waals surface area (Å²) in [6.07, 6.45) is 1.26. The maximum atomic E-state index is 12.1. The molecule has 0 spiro atoms. The summed E-state index contributed by atoms with van der Waals surface area (Å²) < 4.78 is 10.3. The van der Waals surface area contributed by atoms with Gasteiger partial charge >= 0.3 is 6.09 Å². The number of nitro groups is 1. The number of furan rings is 1. The molecule has 0 radical (unpaired) electrons. The Kier molecular flexibility index (Phi) is 5.73. The fourth-order valence-corrected chi connectivity index (χ4v) is 2.23. The Morgan fingerprint density at radius 1 is 1.33 bits per heavy atom. The second-order valence-corrected chi connectivity index (χ2v) is 4.93. The largest absolute Gasteiger partial charge is 0.449 e. The van der Waals surface area contributed by atoms with Crippen molar-refractivity contribution in [2.75, 3.05) is 18.1 Å². The Morgan fingerprint density at radius 2 is 2.08 bits per heavy atom. The highest BCUT2D eigenvalue weighted by molar-refractivity contribution is 5.86. The van der Waals surface area contributed by atoms with E-state index in [-0.39, 0.29) is 18.8 Å². The maximum absolute atomic E-state index is 12.1. The van der Waals surface area contributed by atoms with E-state index in [1.807, 2.05) is 0 Å². The molecule has 1 heterocycles. The van der Waals surface area contributed by atoms with E-state index in [9.17, 15) is 14.9 Å². The first-order chi connectivity index (χ1) is 11.5. The minimum Gasteiger partial charge on any atom is -0.449 e. The second-order valence-electron chi connectivity index (χ2n) is 4.93. The van der Waals surface area contributed by atoms with Crippen LogP contribution in [0, 0.1) is 10.1 Å². The van der Waals surface area contributed by atoms with Crippen LogP contribution in [0.3, 0.4) is 0 Å². The SMILES string of the molecule is C=C(CCN(C(=O)OCC)c1ccco1)c1ccccc1[N+](=O)[O-]. The highest BCUT2D eigenvalue weighted by Gasteiger charge is 2.21. The number of carbonyl (C=O) groups excluding carboxylic acids is 1. The summed E-state index contributed by atoms with van der Waals surface area (Å²) in [5.41, 5.74) is 0.997. The van der Waals surface area contributed by atoms with Crippen molar-refractivity contribution in [1.29, 1.82) is 0 Å². The van der Waals surface area contributed by atoms with Gasteiger partial charge in [-0.2, -0.15) is 0 Å². The molecule has 126 valence electrons. The van der Waals surface area contributed by atoms with Gasteiger partial charge < -0.3 is 9.15 Å². The van der Waals surface area contributed by atoms with E-state index in [4.69, 9.17) is 9.15 Å². The Balaban J connectivity index is 2.13. The van der Waals surface area contributed by atoms with Crippen LogP contribution >= 0.6 is 0 Å². The standard InChI is InChI=1S/C17H18N2O5/c1-3-23-17(20)18(16-9-6-12-24-16)11-10-13(2)14-7-4-5-8-15(14)19(21)22/h4-9,12H,2-3,10-11H2,1H3. The molecule has 0 atom stereocenters. The van der Waals surface area contributed by atoms with Crippen molar-refractivity contribution in [1.82, 2.24) is 0 Å². The number of nitrogens with zero attached hydrogens (tertiary/aromatic N) is 2. The topological polar surface area (TPSA) is 85.8 Å². The molecule has 0 aliphatic heterocycles. The minimum atomic E-state index is -0.539. The van der Waals surface area contributed by atoms with Crippen LogP contribution in [-0.4, -0.2) is 24.2 Å². The van der Waals surface area contributed by atoms with Crippen LogP contribution in [0.25, 0.3) is 5.57 Å². The first-order valence-corrected chi connectivity index (χ1v) is 7.44. The third-order valence-corrected chi connectivity index (χ3v) is 3.38. The molecule has 0 aliphatic rings. The van der Waals surface area contributed by atoms with E-state index in [1.54, 1.807) is 37.3 Å². The summed E-state index contributed by atoms with van der Waals surface area (Å²) >= 11 is 0. The number of anilines is 1. The molecule has 24 heavy (non-hydrogen) atoms. The number of ether oxygens (including phenoxy) is 1. The minimum absolute atomic E-state index is 0.0109. The second kappa shape index (κ2) is 7.96. The van der Waals surface area contributed by atoms with Gasteiger partial charge in [0.15, 0.2) is 0 Å². The zero-order chi connectivity index (χ0) is 17.5. The predicted molar refractivity (Wildman–Crippen MR) is 89.8 cm³/mol. The summed E-state index contributed by atoms with van der Waals surface area (Å²) in [6.45, 7) is 6.10. The molecule has 0 N–H and O–H groups in total. The van der Waals surface area contributed by atoms with Gasteiger partial charge in [0.1, 0.15) is 0 Å². The van der Waals surface area contributed by atoms with Crippen LogP contribution in [0.4, 0.5) is 16.4 Å². The Hall–Kier alpha value is -3.09. The summed E-state index contributed by atoms with van der Waals surface area (Å²) in [5, 5.41) is 11.1.